The second-order valence-electron chi connectivity index (χ2n) is 5.07. The van der Waals surface area contributed by atoms with Gasteiger partial charge >= 0.3 is 0 Å². The van der Waals surface area contributed by atoms with Gasteiger partial charge < -0.3 is 10.4 Å². The van der Waals surface area contributed by atoms with Crippen molar-refractivity contribution in [2.45, 2.75) is 13.8 Å². The SMILES string of the molecule is CS/C(=C\C(=O)c1ccc(C)cc1)Nc1ccc(O)cc1C. The Morgan fingerprint density at radius 2 is 1.82 bits per heavy atom. The molecule has 0 aliphatic heterocycles. The molecule has 0 saturated heterocycles. The highest BCUT2D eigenvalue weighted by Gasteiger charge is 2.06. The predicted molar refractivity (Wildman–Crippen MR) is 93.6 cm³/mol. The lowest BCUT2D eigenvalue weighted by Crippen LogP contribution is -2.02. The van der Waals surface area contributed by atoms with Gasteiger partial charge in [0.15, 0.2) is 5.78 Å². The number of benzene rings is 2. The van der Waals surface area contributed by atoms with E-state index in [9.17, 15) is 9.90 Å². The summed E-state index contributed by atoms with van der Waals surface area (Å²) in [7, 11) is 0. The number of hydrogen-bond acceptors (Lipinski definition) is 4. The highest BCUT2D eigenvalue weighted by atomic mass is 32.2. The van der Waals surface area contributed by atoms with Gasteiger partial charge in [-0.1, -0.05) is 29.8 Å². The third-order valence-electron chi connectivity index (χ3n) is 3.29. The summed E-state index contributed by atoms with van der Waals surface area (Å²) >= 11 is 1.47. The van der Waals surface area contributed by atoms with Crippen LogP contribution in [0.3, 0.4) is 0 Å². The van der Waals surface area contributed by atoms with Gasteiger partial charge in [-0.3, -0.25) is 4.79 Å². The molecule has 0 amide bonds. The van der Waals surface area contributed by atoms with E-state index in [0.717, 1.165) is 21.8 Å². The number of carbonyl (C=O) groups excluding carboxylic acids is 1. The monoisotopic (exact) mass is 313 g/mol. The Kier molecular flexibility index (Phi) is 5.28. The van der Waals surface area contributed by atoms with E-state index in [1.54, 1.807) is 24.3 Å². The Morgan fingerprint density at radius 3 is 2.41 bits per heavy atom. The Morgan fingerprint density at radius 1 is 1.14 bits per heavy atom. The minimum atomic E-state index is -0.0340. The zero-order chi connectivity index (χ0) is 16.1. The van der Waals surface area contributed by atoms with Crippen molar-refractivity contribution in [3.63, 3.8) is 0 Å². The van der Waals surface area contributed by atoms with Crippen molar-refractivity contribution >= 4 is 23.2 Å². The quantitative estimate of drug-likeness (QED) is 0.484. The summed E-state index contributed by atoms with van der Waals surface area (Å²) in [5.41, 5.74) is 3.59. The predicted octanol–water partition coefficient (Wildman–Crippen LogP) is 4.51. The van der Waals surface area contributed by atoms with Crippen LogP contribution in [0.1, 0.15) is 21.5 Å². The Bertz CT molecular complexity index is 706. The van der Waals surface area contributed by atoms with Gasteiger partial charge in [-0.2, -0.15) is 0 Å². The molecule has 0 bridgehead atoms. The van der Waals surface area contributed by atoms with Crippen molar-refractivity contribution in [2.24, 2.45) is 0 Å². The van der Waals surface area contributed by atoms with Crippen LogP contribution in [0.15, 0.2) is 53.6 Å². The lowest BCUT2D eigenvalue weighted by atomic mass is 10.1. The van der Waals surface area contributed by atoms with Gasteiger partial charge in [-0.15, -0.1) is 11.8 Å². The Hall–Kier alpha value is -2.20. The number of aromatic hydroxyl groups is 1. The number of phenolic OH excluding ortho intramolecular Hbond substituents is 1. The molecule has 0 aliphatic carbocycles. The third kappa shape index (κ3) is 4.15. The maximum absolute atomic E-state index is 12.3. The maximum Gasteiger partial charge on any atom is 0.188 e. The normalized spacial score (nSPS) is 11.3. The van der Waals surface area contributed by atoms with E-state index in [-0.39, 0.29) is 11.5 Å². The number of thioether (sulfide) groups is 1. The van der Waals surface area contributed by atoms with Crippen LogP contribution < -0.4 is 5.32 Å². The van der Waals surface area contributed by atoms with Crippen LogP contribution in [-0.4, -0.2) is 17.1 Å². The van der Waals surface area contributed by atoms with Crippen LogP contribution in [0.25, 0.3) is 0 Å². The van der Waals surface area contributed by atoms with Crippen LogP contribution in [0, 0.1) is 13.8 Å². The number of rotatable bonds is 5. The molecule has 2 rings (SSSR count). The zero-order valence-electron chi connectivity index (χ0n) is 12.9. The summed E-state index contributed by atoms with van der Waals surface area (Å²) in [6.45, 7) is 3.90. The van der Waals surface area contributed by atoms with E-state index in [4.69, 9.17) is 0 Å². The first-order valence-electron chi connectivity index (χ1n) is 6.93. The number of aryl methyl sites for hydroxylation is 2. The fourth-order valence-electron chi connectivity index (χ4n) is 1.99. The van der Waals surface area contributed by atoms with Crippen molar-refractivity contribution in [3.8, 4) is 5.75 Å². The smallest absolute Gasteiger partial charge is 0.188 e. The van der Waals surface area contributed by atoms with Gasteiger partial charge in [0.2, 0.25) is 0 Å². The molecule has 2 aromatic rings. The molecule has 0 fully saturated rings. The largest absolute Gasteiger partial charge is 0.508 e. The molecule has 0 unspecified atom stereocenters. The van der Waals surface area contributed by atoms with Crippen molar-refractivity contribution in [1.82, 2.24) is 0 Å². The topological polar surface area (TPSA) is 49.3 Å². The molecule has 22 heavy (non-hydrogen) atoms. The summed E-state index contributed by atoms with van der Waals surface area (Å²) in [6.07, 6.45) is 3.51. The summed E-state index contributed by atoms with van der Waals surface area (Å²) in [4.78, 5) is 12.3. The minimum Gasteiger partial charge on any atom is -0.508 e. The fourth-order valence-corrected chi connectivity index (χ4v) is 2.42. The fraction of sp³-hybridized carbons (Fsp3) is 0.167. The molecule has 114 valence electrons. The van der Waals surface area contributed by atoms with Gasteiger partial charge in [0.25, 0.3) is 0 Å². The summed E-state index contributed by atoms with van der Waals surface area (Å²) in [6, 6.07) is 12.6. The zero-order valence-corrected chi connectivity index (χ0v) is 13.7. The molecular formula is C18H19NO2S. The molecule has 0 saturated carbocycles. The number of phenols is 1. The molecule has 2 N–H and O–H groups in total. The lowest BCUT2D eigenvalue weighted by molar-refractivity contribution is 0.104. The second-order valence-corrected chi connectivity index (χ2v) is 5.92. The summed E-state index contributed by atoms with van der Waals surface area (Å²) < 4.78 is 0. The van der Waals surface area contributed by atoms with Crippen molar-refractivity contribution in [2.75, 3.05) is 11.6 Å². The molecule has 0 aliphatic rings. The standard InChI is InChI=1S/C18H19NO2S/c1-12-4-6-14(7-5-12)17(21)11-18(22-3)19-16-9-8-15(20)10-13(16)2/h4-11,19-20H,1-3H3/b18-11-. The molecule has 0 aromatic heterocycles. The molecule has 4 heteroatoms. The average molecular weight is 313 g/mol. The second kappa shape index (κ2) is 7.18. The van der Waals surface area contributed by atoms with Gasteiger partial charge in [0.1, 0.15) is 5.75 Å². The molecule has 2 aromatic carbocycles. The van der Waals surface area contributed by atoms with Crippen molar-refractivity contribution in [1.29, 1.82) is 0 Å². The number of carbonyl (C=O) groups is 1. The van der Waals surface area contributed by atoms with Gasteiger partial charge in [-0.05, 0) is 43.9 Å². The molecular weight excluding hydrogens is 294 g/mol. The summed E-state index contributed by atoms with van der Waals surface area (Å²) in [5, 5.41) is 13.4. The van der Waals surface area contributed by atoms with Gasteiger partial charge in [-0.25, -0.2) is 0 Å². The Labute approximate surface area is 135 Å². The number of hydrogen-bond donors (Lipinski definition) is 2. The summed E-state index contributed by atoms with van der Waals surface area (Å²) in [5.74, 6) is 0.196. The van der Waals surface area contributed by atoms with E-state index in [0.29, 0.717) is 5.56 Å². The van der Waals surface area contributed by atoms with E-state index >= 15 is 0 Å². The molecule has 0 radical (unpaired) electrons. The van der Waals surface area contributed by atoms with Crippen LogP contribution in [-0.2, 0) is 0 Å². The van der Waals surface area contributed by atoms with Crippen LogP contribution in [0.4, 0.5) is 5.69 Å². The number of nitrogens with one attached hydrogen (secondary N) is 1. The van der Waals surface area contributed by atoms with E-state index < -0.39 is 0 Å². The Balaban J connectivity index is 2.19. The van der Waals surface area contributed by atoms with Gasteiger partial charge in [0, 0.05) is 17.3 Å². The van der Waals surface area contributed by atoms with Crippen molar-refractivity contribution < 1.29 is 9.90 Å². The van der Waals surface area contributed by atoms with Crippen LogP contribution in [0.2, 0.25) is 0 Å². The van der Waals surface area contributed by atoms with Crippen molar-refractivity contribution in [3.05, 3.63) is 70.3 Å². The number of ketones is 1. The highest BCUT2D eigenvalue weighted by molar-refractivity contribution is 8.02. The first kappa shape index (κ1) is 16.2. The molecule has 3 nitrogen and oxygen atoms in total. The minimum absolute atomic E-state index is 0.0340. The first-order valence-corrected chi connectivity index (χ1v) is 8.15. The maximum atomic E-state index is 12.3. The third-order valence-corrected chi connectivity index (χ3v) is 3.95. The number of anilines is 1. The first-order chi connectivity index (χ1) is 10.5. The molecule has 0 heterocycles. The van der Waals surface area contributed by atoms with Crippen LogP contribution >= 0.6 is 11.8 Å². The van der Waals surface area contributed by atoms with Crippen LogP contribution in [0.5, 0.6) is 5.75 Å². The van der Waals surface area contributed by atoms with E-state index in [2.05, 4.69) is 5.32 Å². The molecule has 0 spiro atoms. The van der Waals surface area contributed by atoms with Gasteiger partial charge in [0.05, 0.1) is 5.03 Å². The molecule has 0 atom stereocenters. The van der Waals surface area contributed by atoms with E-state index in [1.165, 1.54) is 11.8 Å². The lowest BCUT2D eigenvalue weighted by Gasteiger charge is -2.11. The van der Waals surface area contributed by atoms with E-state index in [1.807, 2.05) is 44.4 Å². The number of allylic oxidation sites excluding steroid dienone is 1. The average Bonchev–Trinajstić information content (AvgIpc) is 2.49. The highest BCUT2D eigenvalue weighted by Crippen LogP contribution is 2.24.